The maximum atomic E-state index is 5.70. The molecule has 0 atom stereocenters. The SMILES string of the molecule is NCc1ccc(N2CCN(c3nccs3)CC2)cc1Br. The fourth-order valence-corrected chi connectivity index (χ4v) is 3.65. The molecule has 1 saturated heterocycles. The molecule has 0 spiro atoms. The van der Waals surface area contributed by atoms with Crippen LogP contribution in [-0.4, -0.2) is 31.2 Å². The van der Waals surface area contributed by atoms with Gasteiger partial charge in [0.2, 0.25) is 0 Å². The number of benzene rings is 1. The molecule has 0 unspecified atom stereocenters. The number of piperazine rings is 1. The molecule has 1 fully saturated rings. The van der Waals surface area contributed by atoms with Gasteiger partial charge in [-0.25, -0.2) is 4.98 Å². The van der Waals surface area contributed by atoms with Gasteiger partial charge in [0.25, 0.3) is 0 Å². The first-order chi connectivity index (χ1) is 9.78. The summed E-state index contributed by atoms with van der Waals surface area (Å²) in [6.07, 6.45) is 1.87. The van der Waals surface area contributed by atoms with Crippen molar-refractivity contribution < 1.29 is 0 Å². The van der Waals surface area contributed by atoms with Gasteiger partial charge >= 0.3 is 0 Å². The summed E-state index contributed by atoms with van der Waals surface area (Å²) in [5.41, 5.74) is 8.10. The fourth-order valence-electron chi connectivity index (χ4n) is 2.43. The lowest BCUT2D eigenvalue weighted by Gasteiger charge is -2.36. The molecule has 106 valence electrons. The van der Waals surface area contributed by atoms with Crippen molar-refractivity contribution in [3.8, 4) is 0 Å². The highest BCUT2D eigenvalue weighted by molar-refractivity contribution is 9.10. The summed E-state index contributed by atoms with van der Waals surface area (Å²) in [5.74, 6) is 0. The monoisotopic (exact) mass is 352 g/mol. The minimum atomic E-state index is 0.568. The highest BCUT2D eigenvalue weighted by Gasteiger charge is 2.19. The molecule has 2 heterocycles. The van der Waals surface area contributed by atoms with Gasteiger partial charge in [0.05, 0.1) is 0 Å². The summed E-state index contributed by atoms with van der Waals surface area (Å²) in [6.45, 7) is 4.65. The summed E-state index contributed by atoms with van der Waals surface area (Å²) in [7, 11) is 0. The second kappa shape index (κ2) is 6.11. The third-order valence-electron chi connectivity index (χ3n) is 3.59. The molecular formula is C14H17BrN4S. The van der Waals surface area contributed by atoms with E-state index in [0.29, 0.717) is 6.54 Å². The first-order valence-corrected chi connectivity index (χ1v) is 8.33. The zero-order valence-corrected chi connectivity index (χ0v) is 13.5. The van der Waals surface area contributed by atoms with Crippen LogP contribution in [0.4, 0.5) is 10.8 Å². The molecule has 4 nitrogen and oxygen atoms in total. The van der Waals surface area contributed by atoms with Crippen LogP contribution in [0.5, 0.6) is 0 Å². The molecular weight excluding hydrogens is 336 g/mol. The van der Waals surface area contributed by atoms with Gasteiger partial charge in [0, 0.05) is 54.5 Å². The molecule has 2 aromatic rings. The van der Waals surface area contributed by atoms with E-state index >= 15 is 0 Å². The van der Waals surface area contributed by atoms with Gasteiger partial charge < -0.3 is 15.5 Å². The van der Waals surface area contributed by atoms with E-state index in [0.717, 1.165) is 41.3 Å². The van der Waals surface area contributed by atoms with Crippen LogP contribution in [0.2, 0.25) is 0 Å². The zero-order valence-electron chi connectivity index (χ0n) is 11.1. The van der Waals surface area contributed by atoms with Gasteiger partial charge in [-0.15, -0.1) is 11.3 Å². The predicted octanol–water partition coefficient (Wildman–Crippen LogP) is 2.69. The molecule has 1 aliphatic rings. The Morgan fingerprint density at radius 2 is 1.95 bits per heavy atom. The van der Waals surface area contributed by atoms with E-state index in [4.69, 9.17) is 5.73 Å². The van der Waals surface area contributed by atoms with Crippen molar-refractivity contribution >= 4 is 38.1 Å². The molecule has 1 aromatic heterocycles. The Balaban J connectivity index is 1.67. The van der Waals surface area contributed by atoms with Crippen LogP contribution < -0.4 is 15.5 Å². The number of rotatable bonds is 3. The molecule has 1 aliphatic heterocycles. The zero-order chi connectivity index (χ0) is 13.9. The smallest absolute Gasteiger partial charge is 0.185 e. The molecule has 0 radical (unpaired) electrons. The average molecular weight is 353 g/mol. The van der Waals surface area contributed by atoms with Crippen molar-refractivity contribution in [2.75, 3.05) is 36.0 Å². The van der Waals surface area contributed by atoms with Crippen LogP contribution in [0, 0.1) is 0 Å². The van der Waals surface area contributed by atoms with E-state index in [1.807, 2.05) is 11.6 Å². The topological polar surface area (TPSA) is 45.4 Å². The molecule has 0 amide bonds. The van der Waals surface area contributed by atoms with Crippen molar-refractivity contribution in [3.63, 3.8) is 0 Å². The lowest BCUT2D eigenvalue weighted by atomic mass is 10.2. The van der Waals surface area contributed by atoms with Crippen molar-refractivity contribution in [1.82, 2.24) is 4.98 Å². The number of aromatic nitrogens is 1. The Bertz CT molecular complexity index is 565. The number of nitrogens with two attached hydrogens (primary N) is 1. The summed E-state index contributed by atoms with van der Waals surface area (Å²) in [6, 6.07) is 6.43. The maximum Gasteiger partial charge on any atom is 0.185 e. The number of hydrogen-bond donors (Lipinski definition) is 1. The van der Waals surface area contributed by atoms with E-state index in [1.165, 1.54) is 5.69 Å². The average Bonchev–Trinajstić information content (AvgIpc) is 3.01. The van der Waals surface area contributed by atoms with E-state index in [1.54, 1.807) is 11.3 Å². The van der Waals surface area contributed by atoms with Gasteiger partial charge in [-0.1, -0.05) is 22.0 Å². The molecule has 1 aromatic carbocycles. The Morgan fingerprint density at radius 1 is 1.20 bits per heavy atom. The number of anilines is 2. The van der Waals surface area contributed by atoms with Crippen molar-refractivity contribution in [3.05, 3.63) is 39.8 Å². The van der Waals surface area contributed by atoms with Gasteiger partial charge in [-0.2, -0.15) is 0 Å². The van der Waals surface area contributed by atoms with Gasteiger partial charge in [-0.3, -0.25) is 0 Å². The van der Waals surface area contributed by atoms with Gasteiger partial charge in [0.15, 0.2) is 5.13 Å². The largest absolute Gasteiger partial charge is 0.368 e. The van der Waals surface area contributed by atoms with Gasteiger partial charge in [0.1, 0.15) is 0 Å². The molecule has 0 bridgehead atoms. The standard InChI is InChI=1S/C14H17BrN4S/c15-13-9-12(2-1-11(13)10-16)18-4-6-19(7-5-18)14-17-3-8-20-14/h1-3,8-9H,4-7,10,16H2. The van der Waals surface area contributed by atoms with E-state index < -0.39 is 0 Å². The van der Waals surface area contributed by atoms with Crippen LogP contribution in [0.3, 0.4) is 0 Å². The molecule has 0 saturated carbocycles. The van der Waals surface area contributed by atoms with Crippen LogP contribution in [-0.2, 0) is 6.54 Å². The van der Waals surface area contributed by atoms with E-state index in [2.05, 4.69) is 48.9 Å². The normalized spacial score (nSPS) is 15.7. The summed E-state index contributed by atoms with van der Waals surface area (Å²) < 4.78 is 1.10. The van der Waals surface area contributed by atoms with Gasteiger partial charge in [-0.05, 0) is 17.7 Å². The predicted molar refractivity (Wildman–Crippen MR) is 88.6 cm³/mol. The Labute approximate surface area is 131 Å². The highest BCUT2D eigenvalue weighted by atomic mass is 79.9. The molecule has 0 aliphatic carbocycles. The fraction of sp³-hybridized carbons (Fsp3) is 0.357. The molecule has 6 heteroatoms. The third kappa shape index (κ3) is 2.82. The minimum Gasteiger partial charge on any atom is -0.368 e. The number of nitrogens with zero attached hydrogens (tertiary/aromatic N) is 3. The lowest BCUT2D eigenvalue weighted by molar-refractivity contribution is 0.652. The van der Waals surface area contributed by atoms with E-state index in [9.17, 15) is 0 Å². The summed E-state index contributed by atoms with van der Waals surface area (Å²) >= 11 is 5.30. The Morgan fingerprint density at radius 3 is 2.55 bits per heavy atom. The van der Waals surface area contributed by atoms with Crippen LogP contribution in [0.25, 0.3) is 0 Å². The second-order valence-electron chi connectivity index (χ2n) is 4.77. The molecule has 2 N–H and O–H groups in total. The Hall–Kier alpha value is -1.11. The minimum absolute atomic E-state index is 0.568. The molecule has 20 heavy (non-hydrogen) atoms. The quantitative estimate of drug-likeness (QED) is 0.922. The number of halogens is 1. The summed E-state index contributed by atoms with van der Waals surface area (Å²) in [4.78, 5) is 9.14. The van der Waals surface area contributed by atoms with Crippen LogP contribution in [0.1, 0.15) is 5.56 Å². The van der Waals surface area contributed by atoms with Crippen molar-refractivity contribution in [2.24, 2.45) is 5.73 Å². The van der Waals surface area contributed by atoms with Crippen molar-refractivity contribution in [1.29, 1.82) is 0 Å². The second-order valence-corrected chi connectivity index (χ2v) is 6.50. The number of thiazole rings is 1. The highest BCUT2D eigenvalue weighted by Crippen LogP contribution is 2.26. The van der Waals surface area contributed by atoms with E-state index in [-0.39, 0.29) is 0 Å². The third-order valence-corrected chi connectivity index (χ3v) is 5.16. The Kier molecular flexibility index (Phi) is 4.24. The van der Waals surface area contributed by atoms with Crippen LogP contribution >= 0.6 is 27.3 Å². The maximum absolute atomic E-state index is 5.70. The van der Waals surface area contributed by atoms with Crippen LogP contribution in [0.15, 0.2) is 34.2 Å². The first-order valence-electron chi connectivity index (χ1n) is 6.66. The lowest BCUT2D eigenvalue weighted by Crippen LogP contribution is -2.46. The first kappa shape index (κ1) is 13.9. The summed E-state index contributed by atoms with van der Waals surface area (Å²) in [5, 5.41) is 3.16. The van der Waals surface area contributed by atoms with Crippen molar-refractivity contribution in [2.45, 2.75) is 6.54 Å². The molecule has 3 rings (SSSR count). The number of hydrogen-bond acceptors (Lipinski definition) is 5.